The summed E-state index contributed by atoms with van der Waals surface area (Å²) in [5.74, 6) is -3.90. The lowest BCUT2D eigenvalue weighted by Crippen LogP contribution is -2.58. The standard InChI is InChI=1S/C31H31F3N4O/c1-20-17-37(19-22-15-27(32)29(34)28(33)16-22)18-21(2)38(20)31(39)25-8-10-26(11-9-25)35-14-12-24-6-3-5-23-7-4-13-36-30(23)24/h3-11,13,15-16,20-21,35H,12,14,17-19H2,1-2H3. The van der Waals surface area contributed by atoms with Crippen LogP contribution in [-0.2, 0) is 13.0 Å². The molecule has 8 heteroatoms. The van der Waals surface area contributed by atoms with Crippen molar-refractivity contribution in [2.24, 2.45) is 0 Å². The van der Waals surface area contributed by atoms with Crippen LogP contribution in [0.5, 0.6) is 0 Å². The molecule has 2 atom stereocenters. The number of carbonyl (C=O) groups is 1. The highest BCUT2D eigenvalue weighted by Gasteiger charge is 2.33. The maximum Gasteiger partial charge on any atom is 0.254 e. The summed E-state index contributed by atoms with van der Waals surface area (Å²) in [5, 5.41) is 4.55. The number of nitrogens with one attached hydrogen (secondary N) is 1. The number of carbonyl (C=O) groups excluding carboxylic acids is 1. The number of hydrogen-bond donors (Lipinski definition) is 1. The molecule has 1 aliphatic heterocycles. The summed E-state index contributed by atoms with van der Waals surface area (Å²) in [6.07, 6.45) is 2.63. The summed E-state index contributed by atoms with van der Waals surface area (Å²) in [7, 11) is 0. The lowest BCUT2D eigenvalue weighted by atomic mass is 10.0. The summed E-state index contributed by atoms with van der Waals surface area (Å²) < 4.78 is 40.6. The number of pyridine rings is 1. The van der Waals surface area contributed by atoms with Gasteiger partial charge in [0.1, 0.15) is 0 Å². The molecule has 0 spiro atoms. The molecule has 1 N–H and O–H groups in total. The molecule has 2 unspecified atom stereocenters. The number of para-hydroxylation sites is 1. The predicted octanol–water partition coefficient (Wildman–Crippen LogP) is 6.04. The lowest BCUT2D eigenvalue weighted by molar-refractivity contribution is 0.0268. The second-order valence-corrected chi connectivity index (χ2v) is 10.2. The third-order valence-electron chi connectivity index (χ3n) is 7.25. The molecule has 5 nitrogen and oxygen atoms in total. The minimum Gasteiger partial charge on any atom is -0.385 e. The average molecular weight is 533 g/mol. The lowest BCUT2D eigenvalue weighted by Gasteiger charge is -2.44. The van der Waals surface area contributed by atoms with E-state index < -0.39 is 17.5 Å². The fourth-order valence-electron chi connectivity index (χ4n) is 5.51. The molecule has 0 aliphatic carbocycles. The van der Waals surface area contributed by atoms with Crippen LogP contribution in [0.2, 0.25) is 0 Å². The molecule has 1 amide bonds. The molecule has 5 rings (SSSR count). The van der Waals surface area contributed by atoms with E-state index in [2.05, 4.69) is 28.5 Å². The molecule has 4 aromatic rings. The van der Waals surface area contributed by atoms with Gasteiger partial charge >= 0.3 is 0 Å². The molecule has 202 valence electrons. The first-order chi connectivity index (χ1) is 18.8. The van der Waals surface area contributed by atoms with Gasteiger partial charge in [0.2, 0.25) is 0 Å². The zero-order valence-corrected chi connectivity index (χ0v) is 22.0. The molecular weight excluding hydrogens is 501 g/mol. The molecular formula is C31H31F3N4O. The number of halogens is 3. The first-order valence-electron chi connectivity index (χ1n) is 13.1. The van der Waals surface area contributed by atoms with Crippen LogP contribution < -0.4 is 5.32 Å². The number of anilines is 1. The fraction of sp³-hybridized carbons (Fsp3) is 0.290. The van der Waals surface area contributed by atoms with Gasteiger partial charge in [0, 0.05) is 61.1 Å². The van der Waals surface area contributed by atoms with Gasteiger partial charge in [-0.15, -0.1) is 0 Å². The Kier molecular flexibility index (Phi) is 7.84. The van der Waals surface area contributed by atoms with Crippen molar-refractivity contribution in [2.75, 3.05) is 25.0 Å². The molecule has 1 fully saturated rings. The van der Waals surface area contributed by atoms with E-state index in [1.54, 1.807) is 0 Å². The summed E-state index contributed by atoms with van der Waals surface area (Å²) in [4.78, 5) is 21.8. The first-order valence-corrected chi connectivity index (χ1v) is 13.1. The topological polar surface area (TPSA) is 48.5 Å². The van der Waals surface area contributed by atoms with Crippen LogP contribution in [0, 0.1) is 17.5 Å². The number of hydrogen-bond acceptors (Lipinski definition) is 4. The molecule has 0 saturated carbocycles. The van der Waals surface area contributed by atoms with Gasteiger partial charge < -0.3 is 10.2 Å². The van der Waals surface area contributed by atoms with Crippen LogP contribution in [0.4, 0.5) is 18.9 Å². The van der Waals surface area contributed by atoms with Crippen molar-refractivity contribution in [3.63, 3.8) is 0 Å². The maximum atomic E-state index is 13.6. The summed E-state index contributed by atoms with van der Waals surface area (Å²) in [6.45, 7) is 6.02. The Labute approximate surface area is 226 Å². The summed E-state index contributed by atoms with van der Waals surface area (Å²) in [6, 6.07) is 19.5. The molecule has 1 aromatic heterocycles. The second kappa shape index (κ2) is 11.5. The number of piperazine rings is 1. The molecule has 2 heterocycles. The Morgan fingerprint density at radius 2 is 1.62 bits per heavy atom. The third kappa shape index (κ3) is 5.91. The zero-order valence-electron chi connectivity index (χ0n) is 22.0. The van der Waals surface area contributed by atoms with E-state index >= 15 is 0 Å². The minimum atomic E-state index is -1.46. The van der Waals surface area contributed by atoms with Crippen LogP contribution in [-0.4, -0.2) is 52.4 Å². The number of fused-ring (bicyclic) bond motifs is 1. The maximum absolute atomic E-state index is 13.6. The molecule has 1 aliphatic rings. The molecule has 3 aromatic carbocycles. The van der Waals surface area contributed by atoms with Gasteiger partial charge in [-0.1, -0.05) is 24.3 Å². The summed E-state index contributed by atoms with van der Waals surface area (Å²) >= 11 is 0. The van der Waals surface area contributed by atoms with Crippen molar-refractivity contribution in [2.45, 2.75) is 38.9 Å². The van der Waals surface area contributed by atoms with Gasteiger partial charge in [0.25, 0.3) is 5.91 Å². The molecule has 0 radical (unpaired) electrons. The van der Waals surface area contributed by atoms with Gasteiger partial charge in [-0.25, -0.2) is 13.2 Å². The minimum absolute atomic E-state index is 0.0538. The Hall–Kier alpha value is -3.91. The van der Waals surface area contributed by atoms with E-state index in [-0.39, 0.29) is 24.5 Å². The SMILES string of the molecule is CC1CN(Cc2cc(F)c(F)c(F)c2)CC(C)N1C(=O)c1ccc(NCCc2cccc3cccnc23)cc1. The third-order valence-corrected chi connectivity index (χ3v) is 7.25. The number of aromatic nitrogens is 1. The van der Waals surface area contributed by atoms with E-state index in [1.165, 1.54) is 5.56 Å². The Morgan fingerprint density at radius 1 is 0.949 bits per heavy atom. The van der Waals surface area contributed by atoms with Gasteiger partial charge in [0.15, 0.2) is 17.5 Å². The monoisotopic (exact) mass is 532 g/mol. The van der Waals surface area contributed by atoms with Crippen molar-refractivity contribution < 1.29 is 18.0 Å². The quantitative estimate of drug-likeness (QED) is 0.295. The van der Waals surface area contributed by atoms with E-state index in [0.717, 1.165) is 41.7 Å². The first kappa shape index (κ1) is 26.7. The van der Waals surface area contributed by atoms with Gasteiger partial charge in [0.05, 0.1) is 5.52 Å². The van der Waals surface area contributed by atoms with E-state index in [9.17, 15) is 18.0 Å². The Balaban J connectivity index is 1.17. The van der Waals surface area contributed by atoms with E-state index in [1.807, 2.05) is 66.2 Å². The van der Waals surface area contributed by atoms with Crippen molar-refractivity contribution in [1.29, 1.82) is 0 Å². The highest BCUT2D eigenvalue weighted by Crippen LogP contribution is 2.23. The number of benzene rings is 3. The predicted molar refractivity (Wildman–Crippen MR) is 147 cm³/mol. The van der Waals surface area contributed by atoms with Gasteiger partial charge in [-0.3, -0.25) is 14.7 Å². The van der Waals surface area contributed by atoms with Gasteiger partial charge in [-0.2, -0.15) is 0 Å². The van der Waals surface area contributed by atoms with Crippen molar-refractivity contribution >= 4 is 22.5 Å². The molecule has 0 bridgehead atoms. The normalized spacial score (nSPS) is 17.9. The fourth-order valence-corrected chi connectivity index (χ4v) is 5.51. The Bertz CT molecular complexity index is 1440. The Morgan fingerprint density at radius 3 is 2.31 bits per heavy atom. The molecule has 39 heavy (non-hydrogen) atoms. The number of amides is 1. The van der Waals surface area contributed by atoms with Crippen LogP contribution in [0.25, 0.3) is 10.9 Å². The summed E-state index contributed by atoms with van der Waals surface area (Å²) in [5.41, 5.74) is 4.11. The van der Waals surface area contributed by atoms with Crippen molar-refractivity contribution in [1.82, 2.24) is 14.8 Å². The van der Waals surface area contributed by atoms with Crippen molar-refractivity contribution in [3.05, 3.63) is 107 Å². The van der Waals surface area contributed by atoms with Crippen LogP contribution in [0.15, 0.2) is 72.9 Å². The van der Waals surface area contributed by atoms with E-state index in [4.69, 9.17) is 0 Å². The largest absolute Gasteiger partial charge is 0.385 e. The smallest absolute Gasteiger partial charge is 0.254 e. The molecule has 1 saturated heterocycles. The van der Waals surface area contributed by atoms with Crippen LogP contribution in [0.3, 0.4) is 0 Å². The van der Waals surface area contributed by atoms with Crippen molar-refractivity contribution in [3.8, 4) is 0 Å². The highest BCUT2D eigenvalue weighted by molar-refractivity contribution is 5.95. The average Bonchev–Trinajstić information content (AvgIpc) is 2.92. The number of nitrogens with zero attached hydrogens (tertiary/aromatic N) is 3. The second-order valence-electron chi connectivity index (χ2n) is 10.2. The van der Waals surface area contributed by atoms with Crippen LogP contribution >= 0.6 is 0 Å². The highest BCUT2D eigenvalue weighted by atomic mass is 19.2. The zero-order chi connectivity index (χ0) is 27.5. The van der Waals surface area contributed by atoms with Crippen LogP contribution in [0.1, 0.15) is 35.3 Å². The van der Waals surface area contributed by atoms with E-state index in [0.29, 0.717) is 24.2 Å². The van der Waals surface area contributed by atoms with Gasteiger partial charge in [-0.05, 0) is 73.9 Å². The number of rotatable bonds is 7.